The van der Waals surface area contributed by atoms with Crippen LogP contribution in [0.15, 0.2) is 72.9 Å². The number of rotatable bonds is 45. The van der Waals surface area contributed by atoms with E-state index in [-0.39, 0.29) is 18.9 Å². The highest BCUT2D eigenvalue weighted by Gasteiger charge is 2.51. The minimum Gasteiger partial charge on any atom is -0.394 e. The molecule has 2 heterocycles. The lowest BCUT2D eigenvalue weighted by molar-refractivity contribution is -0.359. The molecule has 0 aliphatic carbocycles. The second kappa shape index (κ2) is 45.4. The number of aliphatic hydroxyl groups excluding tert-OH is 8. The van der Waals surface area contributed by atoms with E-state index in [1.54, 1.807) is 6.08 Å². The Labute approximate surface area is 447 Å². The summed E-state index contributed by atoms with van der Waals surface area (Å²) in [7, 11) is 0. The van der Waals surface area contributed by atoms with Crippen LogP contribution in [0.4, 0.5) is 0 Å². The number of hydrogen-bond acceptors (Lipinski definition) is 13. The fraction of sp³-hybridized carbons (Fsp3) is 0.783. The average molecular weight is 1050 g/mol. The van der Waals surface area contributed by atoms with E-state index in [4.69, 9.17) is 18.9 Å². The molecule has 0 spiro atoms. The molecule has 0 saturated carbocycles. The van der Waals surface area contributed by atoms with Crippen LogP contribution in [0.2, 0.25) is 0 Å². The Morgan fingerprint density at radius 3 is 1.45 bits per heavy atom. The average Bonchev–Trinajstić information content (AvgIpc) is 3.40. The molecule has 2 rings (SSSR count). The molecule has 2 saturated heterocycles. The molecule has 0 aromatic carbocycles. The van der Waals surface area contributed by atoms with Gasteiger partial charge in [0.2, 0.25) is 5.91 Å². The van der Waals surface area contributed by atoms with E-state index in [0.717, 1.165) is 77.0 Å². The second-order valence-electron chi connectivity index (χ2n) is 20.4. The van der Waals surface area contributed by atoms with Crippen molar-refractivity contribution in [3.8, 4) is 0 Å². The van der Waals surface area contributed by atoms with Crippen molar-refractivity contribution in [2.45, 2.75) is 280 Å². The molecule has 0 bridgehead atoms. The van der Waals surface area contributed by atoms with Gasteiger partial charge in [0.05, 0.1) is 32.0 Å². The maximum Gasteiger partial charge on any atom is 0.220 e. The van der Waals surface area contributed by atoms with Crippen molar-refractivity contribution in [1.82, 2.24) is 5.32 Å². The van der Waals surface area contributed by atoms with Crippen molar-refractivity contribution in [3.63, 3.8) is 0 Å². The van der Waals surface area contributed by atoms with Gasteiger partial charge in [0, 0.05) is 6.42 Å². The van der Waals surface area contributed by atoms with E-state index in [2.05, 4.69) is 79.9 Å². The number of unbranched alkanes of at least 4 members (excludes halogenated alkanes) is 22. The van der Waals surface area contributed by atoms with Crippen molar-refractivity contribution in [3.05, 3.63) is 72.9 Å². The minimum absolute atomic E-state index is 0.252. The van der Waals surface area contributed by atoms with Crippen LogP contribution in [0.5, 0.6) is 0 Å². The Kier molecular flexibility index (Phi) is 41.5. The van der Waals surface area contributed by atoms with Crippen LogP contribution < -0.4 is 5.32 Å². The molecule has 0 radical (unpaired) electrons. The molecular formula is C60H105NO13. The monoisotopic (exact) mass is 1050 g/mol. The first-order valence-electron chi connectivity index (χ1n) is 29.2. The summed E-state index contributed by atoms with van der Waals surface area (Å²) in [5.41, 5.74) is 0. The van der Waals surface area contributed by atoms with Gasteiger partial charge in [-0.05, 0) is 83.5 Å². The number of nitrogens with one attached hydrogen (secondary N) is 1. The number of ether oxygens (including phenoxy) is 4. The van der Waals surface area contributed by atoms with Crippen molar-refractivity contribution in [1.29, 1.82) is 0 Å². The van der Waals surface area contributed by atoms with Crippen molar-refractivity contribution < 1.29 is 64.6 Å². The Morgan fingerprint density at radius 1 is 0.486 bits per heavy atom. The SMILES string of the molecule is CCCCC/C=C\C/C=C\C/C=C\CCCCCCCCC(=O)NC(COC1OC(CO)C(OC2OC(CO)C(O)C(O)C2O)C(O)C1O)C(O)/C=C/CC/C=C/CC/C=C/CCCCCCCCCCCCC. The van der Waals surface area contributed by atoms with Crippen molar-refractivity contribution >= 4 is 5.91 Å². The summed E-state index contributed by atoms with van der Waals surface area (Å²) in [5.74, 6) is -0.268. The summed E-state index contributed by atoms with van der Waals surface area (Å²) in [4.78, 5) is 13.2. The Hall–Kier alpha value is -2.57. The highest BCUT2D eigenvalue weighted by molar-refractivity contribution is 5.76. The highest BCUT2D eigenvalue weighted by atomic mass is 16.7. The van der Waals surface area contributed by atoms with E-state index >= 15 is 0 Å². The van der Waals surface area contributed by atoms with Gasteiger partial charge in [0.15, 0.2) is 12.6 Å². The van der Waals surface area contributed by atoms with Gasteiger partial charge >= 0.3 is 0 Å². The third-order valence-corrected chi connectivity index (χ3v) is 13.8. The minimum atomic E-state index is -1.80. The molecule has 12 atom stereocenters. The first-order valence-corrected chi connectivity index (χ1v) is 29.2. The summed E-state index contributed by atoms with van der Waals surface area (Å²) >= 11 is 0. The Bertz CT molecular complexity index is 1520. The molecule has 14 heteroatoms. The molecule has 1 amide bonds. The molecule has 12 unspecified atom stereocenters. The number of carbonyl (C=O) groups is 1. The van der Waals surface area contributed by atoms with Gasteiger partial charge in [0.25, 0.3) is 0 Å². The lowest BCUT2D eigenvalue weighted by Crippen LogP contribution is -2.65. The molecule has 0 aromatic heterocycles. The molecule has 0 aromatic rings. The van der Waals surface area contributed by atoms with Gasteiger partial charge in [-0.15, -0.1) is 0 Å². The predicted molar refractivity (Wildman–Crippen MR) is 295 cm³/mol. The first-order chi connectivity index (χ1) is 36.1. The third-order valence-electron chi connectivity index (χ3n) is 13.8. The number of aliphatic hydroxyl groups is 8. The molecule has 428 valence electrons. The summed E-state index contributed by atoms with van der Waals surface area (Å²) < 4.78 is 22.7. The van der Waals surface area contributed by atoms with Gasteiger partial charge in [-0.25, -0.2) is 0 Å². The highest BCUT2D eigenvalue weighted by Crippen LogP contribution is 2.30. The number of amides is 1. The van der Waals surface area contributed by atoms with Gasteiger partial charge in [0.1, 0.15) is 48.8 Å². The second-order valence-corrected chi connectivity index (χ2v) is 20.4. The maximum absolute atomic E-state index is 13.2. The fourth-order valence-corrected chi connectivity index (χ4v) is 9.09. The fourth-order valence-electron chi connectivity index (χ4n) is 9.09. The van der Waals surface area contributed by atoms with Crippen LogP contribution in [0.3, 0.4) is 0 Å². The summed E-state index contributed by atoms with van der Waals surface area (Å²) in [5, 5.41) is 87.0. The van der Waals surface area contributed by atoms with E-state index in [1.807, 2.05) is 6.08 Å². The van der Waals surface area contributed by atoms with E-state index in [1.165, 1.54) is 96.3 Å². The largest absolute Gasteiger partial charge is 0.394 e. The Morgan fingerprint density at radius 2 is 0.905 bits per heavy atom. The van der Waals surface area contributed by atoms with Crippen LogP contribution >= 0.6 is 0 Å². The number of hydrogen-bond donors (Lipinski definition) is 9. The molecule has 2 aliphatic heterocycles. The summed E-state index contributed by atoms with van der Waals surface area (Å²) in [6.07, 6.45) is 42.2. The maximum atomic E-state index is 13.2. The topological polar surface area (TPSA) is 228 Å². The van der Waals surface area contributed by atoms with Crippen molar-refractivity contribution in [2.75, 3.05) is 19.8 Å². The van der Waals surface area contributed by atoms with Gasteiger partial charge < -0.3 is 65.1 Å². The third kappa shape index (κ3) is 31.0. The molecule has 14 nitrogen and oxygen atoms in total. The quantitative estimate of drug-likeness (QED) is 0.0205. The lowest BCUT2D eigenvalue weighted by Gasteiger charge is -2.46. The van der Waals surface area contributed by atoms with Crippen LogP contribution in [-0.2, 0) is 23.7 Å². The normalized spacial score (nSPS) is 25.8. The van der Waals surface area contributed by atoms with E-state index in [9.17, 15) is 45.6 Å². The van der Waals surface area contributed by atoms with Crippen LogP contribution in [0.1, 0.15) is 206 Å². The van der Waals surface area contributed by atoms with E-state index in [0.29, 0.717) is 12.8 Å². The van der Waals surface area contributed by atoms with Crippen LogP contribution in [0, 0.1) is 0 Å². The molecule has 2 fully saturated rings. The zero-order chi connectivity index (χ0) is 53.9. The summed E-state index contributed by atoms with van der Waals surface area (Å²) in [6.45, 7) is 2.73. The number of carbonyl (C=O) groups excluding carboxylic acids is 1. The molecular weight excluding hydrogens is 943 g/mol. The predicted octanol–water partition coefficient (Wildman–Crippen LogP) is 9.55. The molecule has 9 N–H and O–H groups in total. The van der Waals surface area contributed by atoms with Crippen molar-refractivity contribution in [2.24, 2.45) is 0 Å². The smallest absolute Gasteiger partial charge is 0.220 e. The zero-order valence-corrected chi connectivity index (χ0v) is 45.8. The van der Waals surface area contributed by atoms with Gasteiger partial charge in [-0.3, -0.25) is 4.79 Å². The van der Waals surface area contributed by atoms with Gasteiger partial charge in [-0.2, -0.15) is 0 Å². The lowest BCUT2D eigenvalue weighted by atomic mass is 9.97. The standard InChI is InChI=1S/C60H105NO13/c1-3-5-7-9-11-13-15-17-19-21-23-24-26-27-29-31-33-35-37-39-41-43-49(64)48(61-52(65)44-42-40-38-36-34-32-30-28-25-22-20-18-16-14-12-10-8-6-4-2)47-71-59-57(70)55(68)58(51(46-63)73-59)74-60-56(69)54(67)53(66)50(45-62)72-60/h12,14,18,20,25-28,33,35,41,43,48-51,53-60,62-64,66-70H,3-11,13,15-17,19,21-24,29-32,34,36-40,42,44-47H2,1-2H3,(H,61,65)/b14-12-,20-18-,27-26+,28-25-,35-33+,43-41+. The molecule has 74 heavy (non-hydrogen) atoms. The van der Waals surface area contributed by atoms with Crippen LogP contribution in [0.25, 0.3) is 0 Å². The molecule has 2 aliphatic rings. The zero-order valence-electron chi connectivity index (χ0n) is 45.8. The van der Waals surface area contributed by atoms with Gasteiger partial charge in [-0.1, -0.05) is 189 Å². The first kappa shape index (κ1) is 67.5. The number of allylic oxidation sites excluding steroid dienone is 11. The van der Waals surface area contributed by atoms with E-state index < -0.39 is 86.8 Å². The Balaban J connectivity index is 1.82. The van der Waals surface area contributed by atoms with Crippen LogP contribution in [-0.4, -0.2) is 140 Å². The summed E-state index contributed by atoms with van der Waals surface area (Å²) in [6, 6.07) is -0.949.